The molecule has 110 valence electrons. The van der Waals surface area contributed by atoms with Gasteiger partial charge in [0.25, 0.3) is 0 Å². The molecule has 0 fully saturated rings. The van der Waals surface area contributed by atoms with Crippen LogP contribution in [0.4, 0.5) is 0 Å². The van der Waals surface area contributed by atoms with E-state index in [9.17, 15) is 0 Å². The lowest BCUT2D eigenvalue weighted by Crippen LogP contribution is -2.37. The Morgan fingerprint density at radius 2 is 1.25 bits per heavy atom. The van der Waals surface area contributed by atoms with Gasteiger partial charge in [0.2, 0.25) is 11.0 Å². The van der Waals surface area contributed by atoms with Crippen LogP contribution < -0.4 is 9.13 Å². The van der Waals surface area contributed by atoms with Gasteiger partial charge in [-0.3, -0.25) is 0 Å². The van der Waals surface area contributed by atoms with Crippen LogP contribution in [0.2, 0.25) is 0 Å². The van der Waals surface area contributed by atoms with Crippen molar-refractivity contribution < 1.29 is 18.6 Å². The molecule has 2 rings (SSSR count). The molecule has 2 heterocycles. The minimum atomic E-state index is 0.664. The summed E-state index contributed by atoms with van der Waals surface area (Å²) in [5.41, 5.74) is 6.82. The molecular weight excluding hydrogens is 292 g/mol. The van der Waals surface area contributed by atoms with Gasteiger partial charge in [0.1, 0.15) is 13.2 Å². The number of thiazole rings is 2. The highest BCUT2D eigenvalue weighted by atomic mass is 32.1. The minimum Gasteiger partial charge on any atom is -0.372 e. The normalized spacial score (nSPS) is 11.1. The van der Waals surface area contributed by atoms with Gasteiger partial charge in [-0.25, -0.2) is 0 Å². The molecular formula is C14H22N2O2S2+2. The van der Waals surface area contributed by atoms with Crippen molar-refractivity contribution in [3.05, 3.63) is 33.2 Å². The molecule has 0 aromatic carbocycles. The average molecular weight is 314 g/mol. The maximum Gasteiger partial charge on any atom is 0.225 e. The number of hydrogen-bond donors (Lipinski definition) is 0. The molecule has 0 saturated carbocycles. The quantitative estimate of drug-likeness (QED) is 0.520. The summed E-state index contributed by atoms with van der Waals surface area (Å²) in [6.07, 6.45) is 0. The van der Waals surface area contributed by atoms with Crippen LogP contribution in [0.5, 0.6) is 0 Å². The topological polar surface area (TPSA) is 26.2 Å². The van der Waals surface area contributed by atoms with Crippen molar-refractivity contribution in [2.24, 2.45) is 0 Å². The van der Waals surface area contributed by atoms with E-state index in [1.54, 1.807) is 22.7 Å². The Morgan fingerprint density at radius 1 is 0.800 bits per heavy atom. The smallest absolute Gasteiger partial charge is 0.225 e. The van der Waals surface area contributed by atoms with E-state index in [1.165, 1.54) is 11.4 Å². The number of aryl methyl sites for hydroxylation is 2. The lowest BCUT2D eigenvalue weighted by Gasteiger charge is -2.03. The molecule has 4 nitrogen and oxygen atoms in total. The van der Waals surface area contributed by atoms with E-state index < -0.39 is 0 Å². The van der Waals surface area contributed by atoms with Gasteiger partial charge < -0.3 is 9.47 Å². The van der Waals surface area contributed by atoms with Crippen molar-refractivity contribution in [1.29, 1.82) is 0 Å². The van der Waals surface area contributed by atoms with Crippen molar-refractivity contribution in [3.8, 4) is 0 Å². The van der Waals surface area contributed by atoms with Gasteiger partial charge in [-0.2, -0.15) is 9.13 Å². The summed E-state index contributed by atoms with van der Waals surface area (Å²) in [7, 11) is 0. The van der Waals surface area contributed by atoms with Gasteiger partial charge >= 0.3 is 0 Å². The van der Waals surface area contributed by atoms with E-state index in [4.69, 9.17) is 9.47 Å². The van der Waals surface area contributed by atoms with Gasteiger partial charge in [-0.15, -0.1) is 0 Å². The van der Waals surface area contributed by atoms with Crippen LogP contribution in [0.15, 0.2) is 21.8 Å². The van der Waals surface area contributed by atoms with Crippen LogP contribution in [-0.4, -0.2) is 26.4 Å². The summed E-state index contributed by atoms with van der Waals surface area (Å²) >= 11 is 3.44. The molecule has 0 aliphatic rings. The predicted octanol–water partition coefficient (Wildman–Crippen LogP) is 1.73. The zero-order chi connectivity index (χ0) is 14.2. The predicted molar refractivity (Wildman–Crippen MR) is 80.1 cm³/mol. The van der Waals surface area contributed by atoms with E-state index >= 15 is 0 Å². The van der Waals surface area contributed by atoms with Crippen LogP contribution >= 0.6 is 22.7 Å². The second kappa shape index (κ2) is 8.46. The summed E-state index contributed by atoms with van der Waals surface area (Å²) in [6, 6.07) is 0. The fourth-order valence-electron chi connectivity index (χ4n) is 1.81. The highest BCUT2D eigenvalue weighted by Crippen LogP contribution is 1.97. The van der Waals surface area contributed by atoms with Crippen molar-refractivity contribution in [1.82, 2.24) is 0 Å². The maximum absolute atomic E-state index is 5.58. The van der Waals surface area contributed by atoms with Crippen molar-refractivity contribution >= 4 is 22.7 Å². The third-order valence-electron chi connectivity index (χ3n) is 3.08. The fourth-order valence-corrected chi connectivity index (χ4v) is 3.44. The van der Waals surface area contributed by atoms with E-state index in [0.717, 1.165) is 26.3 Å². The SMILES string of the molecule is Cc1csc[n+]1CCOCCOCC[n+]1cscc1C. The molecule has 20 heavy (non-hydrogen) atoms. The lowest BCUT2D eigenvalue weighted by atomic mass is 10.5. The molecule has 0 bridgehead atoms. The Balaban J connectivity index is 1.46. The molecule has 0 spiro atoms. The average Bonchev–Trinajstić information content (AvgIpc) is 3.02. The van der Waals surface area contributed by atoms with Crippen LogP contribution in [0.25, 0.3) is 0 Å². The Bertz CT molecular complexity index is 465. The number of nitrogens with zero attached hydrogens (tertiary/aromatic N) is 2. The Hall–Kier alpha value is -0.820. The van der Waals surface area contributed by atoms with Gasteiger partial charge in [0.15, 0.2) is 24.5 Å². The summed E-state index contributed by atoms with van der Waals surface area (Å²) in [5, 5.41) is 4.29. The van der Waals surface area contributed by atoms with Crippen LogP contribution in [0.1, 0.15) is 11.4 Å². The monoisotopic (exact) mass is 314 g/mol. The van der Waals surface area contributed by atoms with Crippen molar-refractivity contribution in [2.75, 3.05) is 26.4 Å². The minimum absolute atomic E-state index is 0.664. The third-order valence-corrected chi connectivity index (χ3v) is 4.79. The molecule has 0 aliphatic heterocycles. The number of rotatable bonds is 9. The molecule has 0 aliphatic carbocycles. The second-order valence-electron chi connectivity index (χ2n) is 4.61. The van der Waals surface area contributed by atoms with Gasteiger partial charge in [-0.1, -0.05) is 22.7 Å². The second-order valence-corrected chi connectivity index (χ2v) is 6.05. The standard InChI is InChI=1S/C14H22N2O2S2/c1-13-9-19-11-15(13)3-5-17-7-8-18-6-4-16-12-20-10-14(16)2/h9-12H,3-8H2,1-2H3/q+2. The van der Waals surface area contributed by atoms with Crippen molar-refractivity contribution in [3.63, 3.8) is 0 Å². The molecule has 0 radical (unpaired) electrons. The molecule has 0 unspecified atom stereocenters. The molecule has 2 aromatic heterocycles. The maximum atomic E-state index is 5.58. The zero-order valence-corrected chi connectivity index (χ0v) is 13.7. The lowest BCUT2D eigenvalue weighted by molar-refractivity contribution is -0.700. The van der Waals surface area contributed by atoms with E-state index in [-0.39, 0.29) is 0 Å². The largest absolute Gasteiger partial charge is 0.372 e. The molecule has 2 aromatic rings. The van der Waals surface area contributed by atoms with Crippen LogP contribution in [0, 0.1) is 13.8 Å². The molecule has 0 N–H and O–H groups in total. The van der Waals surface area contributed by atoms with Crippen LogP contribution in [0.3, 0.4) is 0 Å². The summed E-state index contributed by atoms with van der Waals surface area (Å²) in [5.74, 6) is 0. The Morgan fingerprint density at radius 3 is 1.60 bits per heavy atom. The van der Waals surface area contributed by atoms with Gasteiger partial charge in [0.05, 0.1) is 24.0 Å². The Kier molecular flexibility index (Phi) is 6.59. The molecule has 0 amide bonds. The van der Waals surface area contributed by atoms with E-state index in [1.807, 2.05) is 0 Å². The number of aromatic nitrogens is 2. The highest BCUT2D eigenvalue weighted by Gasteiger charge is 2.07. The number of hydrogen-bond acceptors (Lipinski definition) is 4. The van der Waals surface area contributed by atoms with E-state index in [2.05, 4.69) is 44.8 Å². The third kappa shape index (κ3) is 4.94. The first kappa shape index (κ1) is 15.6. The van der Waals surface area contributed by atoms with Gasteiger partial charge in [-0.05, 0) is 0 Å². The Labute approximate surface area is 128 Å². The summed E-state index contributed by atoms with van der Waals surface area (Å²) in [4.78, 5) is 0. The first-order chi connectivity index (χ1) is 9.77. The summed E-state index contributed by atoms with van der Waals surface area (Å²) < 4.78 is 15.6. The first-order valence-electron chi connectivity index (χ1n) is 6.77. The first-order valence-corrected chi connectivity index (χ1v) is 8.66. The van der Waals surface area contributed by atoms with Crippen LogP contribution in [-0.2, 0) is 22.6 Å². The number of ether oxygens (including phenoxy) is 2. The zero-order valence-electron chi connectivity index (χ0n) is 12.1. The van der Waals surface area contributed by atoms with Gasteiger partial charge in [0, 0.05) is 13.8 Å². The van der Waals surface area contributed by atoms with Crippen molar-refractivity contribution in [2.45, 2.75) is 26.9 Å². The molecule has 6 heteroatoms. The summed E-state index contributed by atoms with van der Waals surface area (Å²) in [6.45, 7) is 8.87. The molecule has 0 atom stereocenters. The molecule has 0 saturated heterocycles. The highest BCUT2D eigenvalue weighted by molar-refractivity contribution is 7.07. The fraction of sp³-hybridized carbons (Fsp3) is 0.571. The van der Waals surface area contributed by atoms with E-state index in [0.29, 0.717) is 13.2 Å².